The molecule has 0 fully saturated rings. The average molecular weight is 293 g/mol. The number of rotatable bonds is 4. The van der Waals surface area contributed by atoms with E-state index < -0.39 is 0 Å². The summed E-state index contributed by atoms with van der Waals surface area (Å²) in [5.74, 6) is 1.51. The van der Waals surface area contributed by atoms with Crippen molar-refractivity contribution in [1.82, 2.24) is 9.97 Å². The lowest BCUT2D eigenvalue weighted by Gasteiger charge is -2.16. The molecule has 0 atom stereocenters. The maximum Gasteiger partial charge on any atom is 0.170 e. The number of methoxy groups -OCH3 is 2. The minimum absolute atomic E-state index is 0.203. The van der Waals surface area contributed by atoms with E-state index in [1.165, 1.54) is 6.33 Å². The normalized spacial score (nSPS) is 10.7. The molecule has 0 saturated heterocycles. The van der Waals surface area contributed by atoms with Crippen LogP contribution in [0.15, 0.2) is 24.5 Å². The Morgan fingerprint density at radius 2 is 1.85 bits per heavy atom. The second kappa shape index (κ2) is 6.09. The molecule has 2 rings (SSSR count). The summed E-state index contributed by atoms with van der Waals surface area (Å²) in [6.07, 6.45) is 1.46. The van der Waals surface area contributed by atoms with E-state index in [4.69, 9.17) is 21.1 Å². The van der Waals surface area contributed by atoms with Gasteiger partial charge in [-0.15, -0.1) is 0 Å². The van der Waals surface area contributed by atoms with E-state index in [0.29, 0.717) is 16.7 Å². The second-order valence-corrected chi connectivity index (χ2v) is 4.98. The van der Waals surface area contributed by atoms with Crippen molar-refractivity contribution in [3.63, 3.8) is 0 Å². The third-order valence-electron chi connectivity index (χ3n) is 3.07. The van der Waals surface area contributed by atoms with Gasteiger partial charge in [0.1, 0.15) is 11.5 Å². The van der Waals surface area contributed by atoms with Gasteiger partial charge in [-0.1, -0.05) is 31.5 Å². The van der Waals surface area contributed by atoms with Crippen molar-refractivity contribution >= 4 is 11.6 Å². The van der Waals surface area contributed by atoms with Crippen LogP contribution in [0.2, 0.25) is 5.15 Å². The molecule has 0 bridgehead atoms. The van der Waals surface area contributed by atoms with Gasteiger partial charge in [0.15, 0.2) is 11.5 Å². The Morgan fingerprint density at radius 3 is 2.45 bits per heavy atom. The summed E-state index contributed by atoms with van der Waals surface area (Å²) in [6.45, 7) is 4.11. The van der Waals surface area contributed by atoms with Gasteiger partial charge >= 0.3 is 0 Å². The van der Waals surface area contributed by atoms with Gasteiger partial charge in [0.25, 0.3) is 0 Å². The smallest absolute Gasteiger partial charge is 0.170 e. The first-order chi connectivity index (χ1) is 9.60. The lowest BCUT2D eigenvalue weighted by molar-refractivity contribution is 0.356. The third-order valence-corrected chi connectivity index (χ3v) is 3.37. The third kappa shape index (κ3) is 2.56. The predicted octanol–water partition coefficient (Wildman–Crippen LogP) is 3.94. The van der Waals surface area contributed by atoms with Crippen LogP contribution in [0.4, 0.5) is 0 Å². The summed E-state index contributed by atoms with van der Waals surface area (Å²) in [4.78, 5) is 8.45. The largest absolute Gasteiger partial charge is 0.493 e. The van der Waals surface area contributed by atoms with Gasteiger partial charge in [-0.25, -0.2) is 9.97 Å². The van der Waals surface area contributed by atoms with E-state index in [9.17, 15) is 0 Å². The molecule has 0 aliphatic heterocycles. The summed E-state index contributed by atoms with van der Waals surface area (Å²) >= 11 is 6.22. The summed E-state index contributed by atoms with van der Waals surface area (Å²) in [6, 6.07) is 5.68. The first-order valence-corrected chi connectivity index (χ1v) is 6.69. The SMILES string of the molecule is COc1cccc(-c2ncnc(Cl)c2C(C)C)c1OC. The molecule has 0 amide bonds. The molecule has 20 heavy (non-hydrogen) atoms. The van der Waals surface area contributed by atoms with Crippen molar-refractivity contribution in [2.24, 2.45) is 0 Å². The molecule has 1 heterocycles. The number of nitrogens with zero attached hydrogens (tertiary/aromatic N) is 2. The topological polar surface area (TPSA) is 44.2 Å². The Hall–Kier alpha value is -1.81. The Bertz CT molecular complexity index is 615. The van der Waals surface area contributed by atoms with E-state index in [1.54, 1.807) is 14.2 Å². The lowest BCUT2D eigenvalue weighted by atomic mass is 9.98. The number of ether oxygens (including phenoxy) is 2. The van der Waals surface area contributed by atoms with Crippen LogP contribution < -0.4 is 9.47 Å². The van der Waals surface area contributed by atoms with E-state index in [2.05, 4.69) is 23.8 Å². The van der Waals surface area contributed by atoms with Crippen LogP contribution in [-0.4, -0.2) is 24.2 Å². The molecule has 106 valence electrons. The van der Waals surface area contributed by atoms with Crippen molar-refractivity contribution in [1.29, 1.82) is 0 Å². The molecule has 5 heteroatoms. The standard InChI is InChI=1S/C15H17ClN2O2/c1-9(2)12-13(17-8-18-15(12)16)10-6-5-7-11(19-3)14(10)20-4/h5-9H,1-4H3. The Morgan fingerprint density at radius 1 is 1.10 bits per heavy atom. The summed E-state index contributed by atoms with van der Waals surface area (Å²) in [5.41, 5.74) is 2.52. The van der Waals surface area contributed by atoms with Crippen molar-refractivity contribution < 1.29 is 9.47 Å². The minimum Gasteiger partial charge on any atom is -0.493 e. The molecule has 0 saturated carbocycles. The second-order valence-electron chi connectivity index (χ2n) is 4.62. The molecular formula is C15H17ClN2O2. The maximum atomic E-state index is 6.22. The van der Waals surface area contributed by atoms with Crippen LogP contribution in [0.5, 0.6) is 11.5 Å². The molecule has 1 aromatic heterocycles. The van der Waals surface area contributed by atoms with Gasteiger partial charge in [0.05, 0.1) is 19.9 Å². The summed E-state index contributed by atoms with van der Waals surface area (Å²) in [7, 11) is 3.22. The molecule has 0 N–H and O–H groups in total. The Kier molecular flexibility index (Phi) is 4.45. The number of hydrogen-bond donors (Lipinski definition) is 0. The monoisotopic (exact) mass is 292 g/mol. The van der Waals surface area contributed by atoms with Crippen LogP contribution in [0, 0.1) is 0 Å². The van der Waals surface area contributed by atoms with Crippen LogP contribution in [0.3, 0.4) is 0 Å². The molecule has 0 spiro atoms. The van der Waals surface area contributed by atoms with Gasteiger partial charge in [0.2, 0.25) is 0 Å². The number of halogens is 1. The van der Waals surface area contributed by atoms with Crippen LogP contribution in [0.1, 0.15) is 25.3 Å². The number of benzene rings is 1. The van der Waals surface area contributed by atoms with Crippen molar-refractivity contribution in [3.05, 3.63) is 35.2 Å². The van der Waals surface area contributed by atoms with Gasteiger partial charge in [-0.2, -0.15) is 0 Å². The number of hydrogen-bond acceptors (Lipinski definition) is 4. The highest BCUT2D eigenvalue weighted by Gasteiger charge is 2.19. The van der Waals surface area contributed by atoms with Crippen molar-refractivity contribution in [3.8, 4) is 22.8 Å². The lowest BCUT2D eigenvalue weighted by Crippen LogP contribution is -2.01. The molecule has 1 aromatic carbocycles. The van der Waals surface area contributed by atoms with Crippen LogP contribution >= 0.6 is 11.6 Å². The highest BCUT2D eigenvalue weighted by Crippen LogP contribution is 2.40. The predicted molar refractivity (Wildman–Crippen MR) is 79.7 cm³/mol. The maximum absolute atomic E-state index is 6.22. The molecule has 0 unspecified atom stereocenters. The Labute approximate surface area is 123 Å². The Balaban J connectivity index is 2.72. The average Bonchev–Trinajstić information content (AvgIpc) is 2.45. The highest BCUT2D eigenvalue weighted by molar-refractivity contribution is 6.30. The first kappa shape index (κ1) is 14.6. The molecule has 2 aromatic rings. The molecule has 0 radical (unpaired) electrons. The van der Waals surface area contributed by atoms with Crippen LogP contribution in [0.25, 0.3) is 11.3 Å². The molecule has 4 nitrogen and oxygen atoms in total. The zero-order valence-corrected chi connectivity index (χ0v) is 12.7. The van der Waals surface area contributed by atoms with E-state index in [0.717, 1.165) is 16.8 Å². The van der Waals surface area contributed by atoms with Gasteiger partial charge in [-0.3, -0.25) is 0 Å². The van der Waals surface area contributed by atoms with E-state index in [-0.39, 0.29) is 5.92 Å². The minimum atomic E-state index is 0.203. The van der Waals surface area contributed by atoms with Crippen LogP contribution in [-0.2, 0) is 0 Å². The fourth-order valence-corrected chi connectivity index (χ4v) is 2.53. The zero-order chi connectivity index (χ0) is 14.7. The number of para-hydroxylation sites is 1. The van der Waals surface area contributed by atoms with Crippen molar-refractivity contribution in [2.75, 3.05) is 14.2 Å². The van der Waals surface area contributed by atoms with Gasteiger partial charge in [-0.05, 0) is 18.1 Å². The molecular weight excluding hydrogens is 276 g/mol. The first-order valence-electron chi connectivity index (χ1n) is 6.31. The summed E-state index contributed by atoms with van der Waals surface area (Å²) < 4.78 is 10.8. The van der Waals surface area contributed by atoms with Crippen molar-refractivity contribution in [2.45, 2.75) is 19.8 Å². The van der Waals surface area contributed by atoms with Gasteiger partial charge in [0, 0.05) is 11.1 Å². The zero-order valence-electron chi connectivity index (χ0n) is 12.0. The summed E-state index contributed by atoms with van der Waals surface area (Å²) in [5, 5.41) is 0.467. The van der Waals surface area contributed by atoms with E-state index in [1.807, 2.05) is 18.2 Å². The van der Waals surface area contributed by atoms with E-state index >= 15 is 0 Å². The quantitative estimate of drug-likeness (QED) is 0.801. The highest BCUT2D eigenvalue weighted by atomic mass is 35.5. The fourth-order valence-electron chi connectivity index (χ4n) is 2.17. The molecule has 0 aliphatic rings. The number of aromatic nitrogens is 2. The fraction of sp³-hybridized carbons (Fsp3) is 0.333. The van der Waals surface area contributed by atoms with Gasteiger partial charge < -0.3 is 9.47 Å². The molecule has 0 aliphatic carbocycles.